The lowest BCUT2D eigenvalue weighted by molar-refractivity contribution is -0.136. The number of carbonyl (C=O) groups excluding carboxylic acids is 8. The Labute approximate surface area is 360 Å². The van der Waals surface area contributed by atoms with Gasteiger partial charge in [0, 0.05) is 60.8 Å². The zero-order chi connectivity index (χ0) is 43.3. The normalized spacial score (nSPS) is 15.1. The van der Waals surface area contributed by atoms with Crippen LogP contribution in [-0.2, 0) is 39.9 Å². The van der Waals surface area contributed by atoms with E-state index in [0.717, 1.165) is 10.5 Å². The topological polar surface area (TPSA) is 212 Å². The number of carbonyl (C=O) groups is 8. The number of hydrogen-bond acceptors (Lipinski definition) is 11. The number of alkyl halides is 1. The quantitative estimate of drug-likeness (QED) is 0.0493. The summed E-state index contributed by atoms with van der Waals surface area (Å²) in [5.41, 5.74) is 2.61. The molecule has 18 heteroatoms. The van der Waals surface area contributed by atoms with Gasteiger partial charge >= 0.3 is 0 Å². The third kappa shape index (κ3) is 11.2. The van der Waals surface area contributed by atoms with E-state index < -0.39 is 41.6 Å². The monoisotopic (exact) mass is 869 g/mol. The van der Waals surface area contributed by atoms with Gasteiger partial charge in [-0.25, -0.2) is 0 Å². The van der Waals surface area contributed by atoms with Crippen LogP contribution in [0.3, 0.4) is 0 Å². The maximum atomic E-state index is 13.6. The fourth-order valence-corrected chi connectivity index (χ4v) is 7.85. The predicted octanol–water partition coefficient (Wildman–Crippen LogP) is 3.78. The van der Waals surface area contributed by atoms with Crippen molar-refractivity contribution in [1.82, 2.24) is 20.9 Å². The first-order chi connectivity index (χ1) is 29.5. The van der Waals surface area contributed by atoms with Gasteiger partial charge in [-0.15, -0.1) is 22.9 Å². The van der Waals surface area contributed by atoms with Gasteiger partial charge in [0.15, 0.2) is 0 Å². The molecule has 3 aromatic carbocycles. The van der Waals surface area contributed by atoms with Crippen LogP contribution in [0.1, 0.15) is 62.9 Å². The van der Waals surface area contributed by atoms with Crippen LogP contribution in [0.15, 0.2) is 90.3 Å². The van der Waals surface area contributed by atoms with Gasteiger partial charge in [0.1, 0.15) is 18.0 Å². The highest BCUT2D eigenvalue weighted by Gasteiger charge is 2.45. The molecule has 2 aliphatic heterocycles. The first kappa shape index (κ1) is 44.1. The van der Waals surface area contributed by atoms with Crippen molar-refractivity contribution in [2.45, 2.75) is 44.2 Å². The molecule has 8 amide bonds. The number of rotatable bonds is 20. The maximum Gasteiger partial charge on any atom is 0.264 e. The lowest BCUT2D eigenvalue weighted by Gasteiger charge is -2.30. The van der Waals surface area contributed by atoms with Gasteiger partial charge in [-0.1, -0.05) is 42.5 Å². The smallest absolute Gasteiger partial charge is 0.264 e. The molecule has 1 fully saturated rings. The van der Waals surface area contributed by atoms with E-state index in [9.17, 15) is 38.4 Å². The minimum atomic E-state index is -1.07. The van der Waals surface area contributed by atoms with E-state index in [2.05, 4.69) is 26.6 Å². The molecule has 4 aromatic rings. The van der Waals surface area contributed by atoms with Crippen LogP contribution >= 0.6 is 22.9 Å². The summed E-state index contributed by atoms with van der Waals surface area (Å²) in [5.74, 6) is -4.23. The van der Waals surface area contributed by atoms with Crippen molar-refractivity contribution in [2.75, 3.05) is 54.3 Å². The van der Waals surface area contributed by atoms with E-state index in [0.29, 0.717) is 34.9 Å². The number of piperidine rings is 1. The lowest BCUT2D eigenvalue weighted by atomic mass is 10.0. The molecule has 1 saturated heterocycles. The summed E-state index contributed by atoms with van der Waals surface area (Å²) in [7, 11) is 0. The van der Waals surface area contributed by atoms with E-state index in [-0.39, 0.29) is 86.7 Å². The SMILES string of the molecule is O=C(CCOCCNc1cccc2c1C(=O)N(C1CCC(=O)NC1=O)C2=O)NCCC(=O)Nc1ccc(N(C(=O)CCl)C(C(=O)NCCc2ccccc2)c2cccs2)cc1. The fourth-order valence-electron chi connectivity index (χ4n) is 6.91. The second-order valence-corrected chi connectivity index (χ2v) is 15.2. The largest absolute Gasteiger partial charge is 0.382 e. The van der Waals surface area contributed by atoms with Crippen molar-refractivity contribution in [1.29, 1.82) is 0 Å². The van der Waals surface area contributed by atoms with Crippen LogP contribution in [0, 0.1) is 0 Å². The standard InChI is InChI=1S/C43H44ClN7O9S/c44-26-37(55)50(39(33-10-5-25-61-33)41(57)47-20-17-27-6-2-1-3-7-27)29-13-11-28(12-14-29)48-36(54)18-21-46-34(52)19-23-60-24-22-45-31-9-4-8-30-38(31)43(59)51(42(30)58)32-15-16-35(53)49-40(32)56/h1-14,25,32,39,45H,15-24,26H2,(H,46,52)(H,47,57)(H,48,54)(H,49,53,56). The second-order valence-electron chi connectivity index (χ2n) is 14.0. The molecule has 2 unspecified atom stereocenters. The maximum absolute atomic E-state index is 13.6. The molecule has 3 heterocycles. The molecule has 2 atom stereocenters. The highest BCUT2D eigenvalue weighted by atomic mass is 35.5. The molecule has 0 radical (unpaired) electrons. The van der Waals surface area contributed by atoms with Crippen molar-refractivity contribution in [3.63, 3.8) is 0 Å². The van der Waals surface area contributed by atoms with Gasteiger partial charge in [-0.05, 0) is 66.2 Å². The Morgan fingerprint density at radius 1 is 0.836 bits per heavy atom. The summed E-state index contributed by atoms with van der Waals surface area (Å²) >= 11 is 7.38. The Balaban J connectivity index is 0.912. The number of amides is 8. The molecule has 0 spiro atoms. The molecule has 16 nitrogen and oxygen atoms in total. The van der Waals surface area contributed by atoms with Gasteiger partial charge in [-0.2, -0.15) is 0 Å². The highest BCUT2D eigenvalue weighted by molar-refractivity contribution is 7.10. The van der Waals surface area contributed by atoms with Gasteiger partial charge in [0.25, 0.3) is 11.8 Å². The molecule has 6 rings (SSSR count). The molecule has 2 aliphatic rings. The van der Waals surface area contributed by atoms with Gasteiger partial charge in [0.05, 0.1) is 24.3 Å². The van der Waals surface area contributed by atoms with E-state index in [1.54, 1.807) is 48.5 Å². The minimum absolute atomic E-state index is 0.0116. The van der Waals surface area contributed by atoms with Gasteiger partial charge in [0.2, 0.25) is 35.4 Å². The number of hydrogen-bond donors (Lipinski definition) is 5. The first-order valence-corrected chi connectivity index (χ1v) is 21.0. The molecule has 0 saturated carbocycles. The summed E-state index contributed by atoms with van der Waals surface area (Å²) in [4.78, 5) is 105. The summed E-state index contributed by atoms with van der Waals surface area (Å²) in [6, 6.07) is 22.5. The molecule has 5 N–H and O–H groups in total. The van der Waals surface area contributed by atoms with E-state index in [1.165, 1.54) is 22.3 Å². The van der Waals surface area contributed by atoms with Crippen molar-refractivity contribution < 1.29 is 43.1 Å². The zero-order valence-corrected chi connectivity index (χ0v) is 34.5. The van der Waals surface area contributed by atoms with Crippen LogP contribution in [0.25, 0.3) is 0 Å². The Hall–Kier alpha value is -6.43. The number of benzene rings is 3. The Morgan fingerprint density at radius 3 is 2.34 bits per heavy atom. The Morgan fingerprint density at radius 2 is 1.62 bits per heavy atom. The number of halogens is 1. The average molecular weight is 870 g/mol. The summed E-state index contributed by atoms with van der Waals surface area (Å²) < 4.78 is 5.57. The second kappa shape index (κ2) is 21.2. The summed E-state index contributed by atoms with van der Waals surface area (Å²) in [6.07, 6.45) is 0.719. The summed E-state index contributed by atoms with van der Waals surface area (Å²) in [5, 5.41) is 15.5. The number of thiophene rings is 1. The van der Waals surface area contributed by atoms with Crippen LogP contribution < -0.4 is 31.5 Å². The Kier molecular flexibility index (Phi) is 15.3. The van der Waals surface area contributed by atoms with Crippen LogP contribution in [-0.4, -0.2) is 96.9 Å². The van der Waals surface area contributed by atoms with Crippen LogP contribution in [0.2, 0.25) is 0 Å². The molecular formula is C43H44ClN7O9S. The molecular weight excluding hydrogens is 826 g/mol. The van der Waals surface area contributed by atoms with Crippen molar-refractivity contribution in [3.05, 3.63) is 112 Å². The van der Waals surface area contributed by atoms with E-state index >= 15 is 0 Å². The van der Waals surface area contributed by atoms with Crippen LogP contribution in [0.5, 0.6) is 0 Å². The number of nitrogens with one attached hydrogen (secondary N) is 5. The molecule has 61 heavy (non-hydrogen) atoms. The number of fused-ring (bicyclic) bond motifs is 1. The van der Waals surface area contributed by atoms with Gasteiger partial charge in [-0.3, -0.25) is 53.5 Å². The van der Waals surface area contributed by atoms with Crippen molar-refractivity contribution in [2.24, 2.45) is 0 Å². The zero-order valence-electron chi connectivity index (χ0n) is 32.9. The fraction of sp³-hybridized carbons (Fsp3) is 0.302. The first-order valence-electron chi connectivity index (χ1n) is 19.6. The van der Waals surface area contributed by atoms with Crippen LogP contribution in [0.4, 0.5) is 17.1 Å². The number of nitrogens with zero attached hydrogens (tertiary/aromatic N) is 2. The van der Waals surface area contributed by atoms with Crippen molar-refractivity contribution >= 4 is 87.3 Å². The van der Waals surface area contributed by atoms with Crippen molar-refractivity contribution in [3.8, 4) is 0 Å². The minimum Gasteiger partial charge on any atom is -0.382 e. The predicted molar refractivity (Wildman–Crippen MR) is 228 cm³/mol. The molecule has 318 valence electrons. The van der Waals surface area contributed by atoms with Gasteiger partial charge < -0.3 is 26.0 Å². The number of imide groups is 2. The van der Waals surface area contributed by atoms with E-state index in [4.69, 9.17) is 16.3 Å². The van der Waals surface area contributed by atoms with E-state index in [1.807, 2.05) is 35.7 Å². The average Bonchev–Trinajstić information content (AvgIpc) is 3.88. The molecule has 0 aliphatic carbocycles. The lowest BCUT2D eigenvalue weighted by Crippen LogP contribution is -2.54. The third-order valence-electron chi connectivity index (χ3n) is 9.86. The number of ether oxygens (including phenoxy) is 1. The highest BCUT2D eigenvalue weighted by Crippen LogP contribution is 2.33. The third-order valence-corrected chi connectivity index (χ3v) is 11.0. The molecule has 1 aromatic heterocycles. The molecule has 0 bridgehead atoms. The Bertz CT molecular complexity index is 2260. The summed E-state index contributed by atoms with van der Waals surface area (Å²) in [6.45, 7) is 0.957. The number of anilines is 3.